The first-order valence-electron chi connectivity index (χ1n) is 7.58. The van der Waals surface area contributed by atoms with Crippen LogP contribution >= 0.6 is 31.9 Å². The summed E-state index contributed by atoms with van der Waals surface area (Å²) in [7, 11) is 0. The molecule has 0 spiro atoms. The highest BCUT2D eigenvalue weighted by molar-refractivity contribution is 9.12. The van der Waals surface area contributed by atoms with Gasteiger partial charge in [-0.15, -0.1) is 0 Å². The normalized spacial score (nSPS) is 20.1. The number of halogens is 2. The van der Waals surface area contributed by atoms with Crippen molar-refractivity contribution in [3.63, 3.8) is 0 Å². The van der Waals surface area contributed by atoms with Gasteiger partial charge in [-0.2, -0.15) is 0 Å². The minimum absolute atomic E-state index is 0.256. The Morgan fingerprint density at radius 1 is 0.591 bits per heavy atom. The summed E-state index contributed by atoms with van der Waals surface area (Å²) in [6, 6.07) is 8.88. The summed E-state index contributed by atoms with van der Waals surface area (Å²) in [4.78, 5) is 0.512. The molecule has 22 heavy (non-hydrogen) atoms. The van der Waals surface area contributed by atoms with Gasteiger partial charge in [0.2, 0.25) is 0 Å². The molecule has 0 saturated carbocycles. The van der Waals surface area contributed by atoms with E-state index in [1.165, 1.54) is 44.5 Å². The molecule has 2 aromatic carbocycles. The van der Waals surface area contributed by atoms with E-state index < -0.39 is 0 Å². The molecule has 0 radical (unpaired) electrons. The second kappa shape index (κ2) is 5.98. The molecule has 0 aromatic heterocycles. The molecule has 0 nitrogen and oxygen atoms in total. The number of benzene rings is 2. The SMILES string of the molecule is Cc1ccc(C)c2c1C=Cc1c(C)ccc(C)c1[C@@H](Br)[C@@H]2Br. The van der Waals surface area contributed by atoms with Gasteiger partial charge in [-0.25, -0.2) is 0 Å². The van der Waals surface area contributed by atoms with Crippen molar-refractivity contribution in [3.8, 4) is 0 Å². The molecule has 0 N–H and O–H groups in total. The van der Waals surface area contributed by atoms with Gasteiger partial charge in [0.15, 0.2) is 0 Å². The number of fused-ring (bicyclic) bond motifs is 2. The van der Waals surface area contributed by atoms with E-state index >= 15 is 0 Å². The Balaban J connectivity index is 2.35. The molecule has 0 unspecified atom stereocenters. The average Bonchev–Trinajstić information content (AvgIpc) is 2.48. The van der Waals surface area contributed by atoms with Crippen LogP contribution in [0.2, 0.25) is 0 Å². The van der Waals surface area contributed by atoms with Crippen LogP contribution in [0.15, 0.2) is 24.3 Å². The standard InChI is InChI=1S/C20H20Br2/c1-11-5-7-13(3)17-15(11)9-10-16-12(2)6-8-14(4)18(16)20(22)19(17)21/h5-10,19-20H,1-4H3/t19-,20-/m1/s1. The molecule has 1 aliphatic rings. The van der Waals surface area contributed by atoms with Gasteiger partial charge in [-0.05, 0) is 72.2 Å². The Hall–Kier alpha value is -0.860. The fraction of sp³-hybridized carbons (Fsp3) is 0.300. The summed E-state index contributed by atoms with van der Waals surface area (Å²) < 4.78 is 0. The van der Waals surface area contributed by atoms with Crippen LogP contribution in [0.4, 0.5) is 0 Å². The second-order valence-corrected chi connectivity index (χ2v) is 8.16. The van der Waals surface area contributed by atoms with Crippen molar-refractivity contribution in [1.82, 2.24) is 0 Å². The van der Waals surface area contributed by atoms with Crippen LogP contribution in [-0.2, 0) is 0 Å². The maximum absolute atomic E-state index is 3.97. The lowest BCUT2D eigenvalue weighted by atomic mass is 9.85. The highest BCUT2D eigenvalue weighted by Gasteiger charge is 2.28. The molecule has 114 valence electrons. The van der Waals surface area contributed by atoms with Gasteiger partial charge in [0.25, 0.3) is 0 Å². The Morgan fingerprint density at radius 3 is 1.27 bits per heavy atom. The topological polar surface area (TPSA) is 0 Å². The molecule has 0 saturated heterocycles. The van der Waals surface area contributed by atoms with E-state index in [4.69, 9.17) is 0 Å². The molecular formula is C20H20Br2. The van der Waals surface area contributed by atoms with Gasteiger partial charge in [0.1, 0.15) is 0 Å². The minimum Gasteiger partial charge on any atom is -0.0822 e. The van der Waals surface area contributed by atoms with E-state index in [1.54, 1.807) is 0 Å². The first-order chi connectivity index (χ1) is 10.4. The maximum atomic E-state index is 3.97. The highest BCUT2D eigenvalue weighted by Crippen LogP contribution is 2.49. The van der Waals surface area contributed by atoms with E-state index in [0.29, 0.717) is 0 Å². The molecule has 2 atom stereocenters. The molecule has 0 aliphatic heterocycles. The van der Waals surface area contributed by atoms with Crippen LogP contribution < -0.4 is 0 Å². The van der Waals surface area contributed by atoms with Gasteiger partial charge in [0, 0.05) is 0 Å². The molecule has 0 amide bonds. The highest BCUT2D eigenvalue weighted by atomic mass is 79.9. The van der Waals surface area contributed by atoms with Crippen molar-refractivity contribution in [3.05, 3.63) is 68.8 Å². The van der Waals surface area contributed by atoms with E-state index in [2.05, 4.69) is 96.0 Å². The lowest BCUT2D eigenvalue weighted by Crippen LogP contribution is -2.10. The zero-order valence-corrected chi connectivity index (χ0v) is 16.5. The monoisotopic (exact) mass is 418 g/mol. The Labute approximate surface area is 149 Å². The summed E-state index contributed by atoms with van der Waals surface area (Å²) in [5.41, 5.74) is 10.8. The van der Waals surface area contributed by atoms with E-state index in [1.807, 2.05) is 0 Å². The lowest BCUT2D eigenvalue weighted by Gasteiger charge is -2.28. The average molecular weight is 420 g/mol. The van der Waals surface area contributed by atoms with Crippen LogP contribution in [-0.4, -0.2) is 0 Å². The van der Waals surface area contributed by atoms with Crippen molar-refractivity contribution < 1.29 is 0 Å². The van der Waals surface area contributed by atoms with Gasteiger partial charge >= 0.3 is 0 Å². The molecule has 0 heterocycles. The summed E-state index contributed by atoms with van der Waals surface area (Å²) in [6.07, 6.45) is 4.58. The minimum atomic E-state index is 0.256. The van der Waals surface area contributed by atoms with Gasteiger partial charge < -0.3 is 0 Å². The summed E-state index contributed by atoms with van der Waals surface area (Å²) >= 11 is 7.94. The van der Waals surface area contributed by atoms with Crippen molar-refractivity contribution in [2.45, 2.75) is 37.3 Å². The molecule has 2 aromatic rings. The fourth-order valence-electron chi connectivity index (χ4n) is 3.34. The number of aryl methyl sites for hydroxylation is 4. The quantitative estimate of drug-likeness (QED) is 0.404. The third-order valence-corrected chi connectivity index (χ3v) is 7.35. The molecule has 1 aliphatic carbocycles. The maximum Gasteiger partial charge on any atom is 0.0570 e. The number of hydrogen-bond donors (Lipinski definition) is 0. The van der Waals surface area contributed by atoms with E-state index in [-0.39, 0.29) is 9.65 Å². The predicted molar refractivity (Wildman–Crippen MR) is 104 cm³/mol. The van der Waals surface area contributed by atoms with Crippen molar-refractivity contribution in [2.24, 2.45) is 0 Å². The van der Waals surface area contributed by atoms with Gasteiger partial charge in [-0.1, -0.05) is 68.3 Å². The number of rotatable bonds is 0. The molecular weight excluding hydrogens is 400 g/mol. The second-order valence-electron chi connectivity index (χ2n) is 6.19. The zero-order chi connectivity index (χ0) is 16.0. The molecule has 2 heteroatoms. The van der Waals surface area contributed by atoms with Crippen LogP contribution in [0.25, 0.3) is 12.2 Å². The molecule has 0 fully saturated rings. The zero-order valence-electron chi connectivity index (χ0n) is 13.4. The van der Waals surface area contributed by atoms with Crippen LogP contribution in [0, 0.1) is 27.7 Å². The van der Waals surface area contributed by atoms with Crippen molar-refractivity contribution in [1.29, 1.82) is 0 Å². The Morgan fingerprint density at radius 2 is 0.909 bits per heavy atom. The number of hydrogen-bond acceptors (Lipinski definition) is 0. The third kappa shape index (κ3) is 2.51. The van der Waals surface area contributed by atoms with Gasteiger partial charge in [0.05, 0.1) is 9.65 Å². The summed E-state index contributed by atoms with van der Waals surface area (Å²) in [5, 5.41) is 0. The lowest BCUT2D eigenvalue weighted by molar-refractivity contribution is 0.907. The predicted octanol–water partition coefficient (Wildman–Crippen LogP) is 6.98. The molecule has 3 rings (SSSR count). The van der Waals surface area contributed by atoms with Crippen LogP contribution in [0.3, 0.4) is 0 Å². The van der Waals surface area contributed by atoms with Crippen LogP contribution in [0.5, 0.6) is 0 Å². The molecule has 0 bridgehead atoms. The first-order valence-corrected chi connectivity index (χ1v) is 9.41. The Kier molecular flexibility index (Phi) is 4.35. The summed E-state index contributed by atoms with van der Waals surface area (Å²) in [5.74, 6) is 0. The van der Waals surface area contributed by atoms with E-state index in [9.17, 15) is 0 Å². The van der Waals surface area contributed by atoms with Crippen LogP contribution in [0.1, 0.15) is 54.2 Å². The third-order valence-electron chi connectivity index (χ3n) is 4.67. The van der Waals surface area contributed by atoms with E-state index in [0.717, 1.165) is 0 Å². The largest absolute Gasteiger partial charge is 0.0822 e. The Bertz CT molecular complexity index is 706. The summed E-state index contributed by atoms with van der Waals surface area (Å²) in [6.45, 7) is 8.78. The first kappa shape index (κ1) is 16.0. The fourth-order valence-corrected chi connectivity index (χ4v) is 5.09. The van der Waals surface area contributed by atoms with Crippen molar-refractivity contribution in [2.75, 3.05) is 0 Å². The van der Waals surface area contributed by atoms with Crippen molar-refractivity contribution >= 4 is 44.0 Å². The smallest absolute Gasteiger partial charge is 0.0570 e. The number of alkyl halides is 2. The van der Waals surface area contributed by atoms with Gasteiger partial charge in [-0.3, -0.25) is 0 Å².